The number of hydrogen-bond acceptors (Lipinski definition) is 2. The molecule has 116 valence electrons. The highest BCUT2D eigenvalue weighted by atomic mass is 19.1. The maximum atomic E-state index is 13.5. The van der Waals surface area contributed by atoms with Crippen LogP contribution in [0.5, 0.6) is 11.5 Å². The van der Waals surface area contributed by atoms with Crippen molar-refractivity contribution in [3.05, 3.63) is 59.4 Å². The maximum Gasteiger partial charge on any atom is 0.133 e. The summed E-state index contributed by atoms with van der Waals surface area (Å²) in [5, 5.41) is 3.40. The zero-order valence-electron chi connectivity index (χ0n) is 12.9. The van der Waals surface area contributed by atoms with Gasteiger partial charge in [0.1, 0.15) is 17.3 Å². The Morgan fingerprint density at radius 3 is 2.55 bits per heavy atom. The third kappa shape index (κ3) is 3.66. The highest BCUT2D eigenvalue weighted by molar-refractivity contribution is 5.38. The first-order valence-electron chi connectivity index (χ1n) is 7.95. The predicted molar refractivity (Wildman–Crippen MR) is 87.0 cm³/mol. The van der Waals surface area contributed by atoms with Gasteiger partial charge in [0, 0.05) is 5.56 Å². The normalized spacial score (nSPS) is 15.7. The molecular formula is C19H22FNO. The Kier molecular flexibility index (Phi) is 4.74. The number of rotatable bonds is 4. The van der Waals surface area contributed by atoms with E-state index in [-0.39, 0.29) is 5.82 Å². The molecule has 1 saturated heterocycles. The number of ether oxygens (including phenoxy) is 1. The van der Waals surface area contributed by atoms with Crippen molar-refractivity contribution in [3.63, 3.8) is 0 Å². The van der Waals surface area contributed by atoms with Gasteiger partial charge in [-0.1, -0.05) is 18.2 Å². The Balaban J connectivity index is 1.65. The molecule has 3 heteroatoms. The second-order valence-corrected chi connectivity index (χ2v) is 6.01. The van der Waals surface area contributed by atoms with Crippen LogP contribution in [-0.4, -0.2) is 13.1 Å². The van der Waals surface area contributed by atoms with Gasteiger partial charge in [0.25, 0.3) is 0 Å². The first kappa shape index (κ1) is 15.0. The number of piperidine rings is 1. The van der Waals surface area contributed by atoms with E-state index < -0.39 is 0 Å². The quantitative estimate of drug-likeness (QED) is 0.899. The van der Waals surface area contributed by atoms with E-state index in [1.807, 2.05) is 12.1 Å². The van der Waals surface area contributed by atoms with Crippen molar-refractivity contribution in [1.29, 1.82) is 0 Å². The number of nitrogens with one attached hydrogen (secondary N) is 1. The summed E-state index contributed by atoms with van der Waals surface area (Å²) in [5.41, 5.74) is 1.89. The first-order chi connectivity index (χ1) is 10.7. The molecule has 0 atom stereocenters. The molecule has 2 aromatic carbocycles. The fourth-order valence-electron chi connectivity index (χ4n) is 2.94. The van der Waals surface area contributed by atoms with Crippen molar-refractivity contribution >= 4 is 0 Å². The standard InChI is InChI=1S/C19H22FNO/c1-14-18(20)3-2-4-19(14)22-17-7-5-15(6-8-17)13-16-9-11-21-12-10-16/h2-8,16,21H,9-13H2,1H3. The third-order valence-corrected chi connectivity index (χ3v) is 4.35. The average Bonchev–Trinajstić information content (AvgIpc) is 2.55. The van der Waals surface area contributed by atoms with Crippen LogP contribution in [0.15, 0.2) is 42.5 Å². The molecule has 1 heterocycles. The van der Waals surface area contributed by atoms with Gasteiger partial charge in [-0.2, -0.15) is 0 Å². The van der Waals surface area contributed by atoms with E-state index >= 15 is 0 Å². The fourth-order valence-corrected chi connectivity index (χ4v) is 2.94. The van der Waals surface area contributed by atoms with E-state index in [1.165, 1.54) is 24.5 Å². The molecule has 2 nitrogen and oxygen atoms in total. The van der Waals surface area contributed by atoms with Crippen LogP contribution in [0.4, 0.5) is 4.39 Å². The Hall–Kier alpha value is -1.87. The minimum atomic E-state index is -0.236. The van der Waals surface area contributed by atoms with Gasteiger partial charge in [0.2, 0.25) is 0 Å². The molecule has 22 heavy (non-hydrogen) atoms. The van der Waals surface area contributed by atoms with Gasteiger partial charge in [-0.05, 0) is 75.0 Å². The molecule has 0 radical (unpaired) electrons. The van der Waals surface area contributed by atoms with Crippen molar-refractivity contribution in [2.45, 2.75) is 26.2 Å². The van der Waals surface area contributed by atoms with Crippen molar-refractivity contribution in [2.75, 3.05) is 13.1 Å². The third-order valence-electron chi connectivity index (χ3n) is 4.35. The molecule has 2 aromatic rings. The molecule has 1 aliphatic heterocycles. The number of hydrogen-bond donors (Lipinski definition) is 1. The van der Waals surface area contributed by atoms with Crippen molar-refractivity contribution < 1.29 is 9.13 Å². The van der Waals surface area contributed by atoms with Gasteiger partial charge in [0.05, 0.1) is 0 Å². The molecule has 0 bridgehead atoms. The molecule has 0 aliphatic carbocycles. The van der Waals surface area contributed by atoms with Gasteiger partial charge >= 0.3 is 0 Å². The van der Waals surface area contributed by atoms with Crippen LogP contribution >= 0.6 is 0 Å². The Bertz CT molecular complexity index is 618. The van der Waals surface area contributed by atoms with E-state index in [0.29, 0.717) is 11.3 Å². The topological polar surface area (TPSA) is 21.3 Å². The number of halogens is 1. The second kappa shape index (κ2) is 6.93. The summed E-state index contributed by atoms with van der Waals surface area (Å²) in [7, 11) is 0. The number of benzene rings is 2. The van der Waals surface area contributed by atoms with Crippen molar-refractivity contribution in [2.24, 2.45) is 5.92 Å². The van der Waals surface area contributed by atoms with Gasteiger partial charge in [-0.3, -0.25) is 0 Å². The minimum Gasteiger partial charge on any atom is -0.457 e. The van der Waals surface area contributed by atoms with Gasteiger partial charge in [-0.25, -0.2) is 4.39 Å². The van der Waals surface area contributed by atoms with Crippen LogP contribution in [-0.2, 0) is 6.42 Å². The van der Waals surface area contributed by atoms with Crippen LogP contribution in [0.1, 0.15) is 24.0 Å². The van der Waals surface area contributed by atoms with Gasteiger partial charge < -0.3 is 10.1 Å². The molecule has 0 amide bonds. The molecule has 0 saturated carbocycles. The molecule has 0 aromatic heterocycles. The monoisotopic (exact) mass is 299 g/mol. The summed E-state index contributed by atoms with van der Waals surface area (Å²) in [6.45, 7) is 3.99. The fraction of sp³-hybridized carbons (Fsp3) is 0.368. The zero-order chi connectivity index (χ0) is 15.4. The lowest BCUT2D eigenvalue weighted by Gasteiger charge is -2.22. The molecule has 0 spiro atoms. The van der Waals surface area contributed by atoms with E-state index in [2.05, 4.69) is 17.4 Å². The summed E-state index contributed by atoms with van der Waals surface area (Å²) < 4.78 is 19.3. The largest absolute Gasteiger partial charge is 0.457 e. The Morgan fingerprint density at radius 1 is 1.09 bits per heavy atom. The summed E-state index contributed by atoms with van der Waals surface area (Å²) in [5.74, 6) is 1.87. The Labute approximate surface area is 131 Å². The molecule has 1 aliphatic rings. The summed E-state index contributed by atoms with van der Waals surface area (Å²) in [4.78, 5) is 0. The maximum absolute atomic E-state index is 13.5. The second-order valence-electron chi connectivity index (χ2n) is 6.01. The lowest BCUT2D eigenvalue weighted by Crippen LogP contribution is -2.28. The van der Waals surface area contributed by atoms with Gasteiger partial charge in [-0.15, -0.1) is 0 Å². The predicted octanol–water partition coefficient (Wildman–Crippen LogP) is 4.47. The highest BCUT2D eigenvalue weighted by Gasteiger charge is 2.13. The smallest absolute Gasteiger partial charge is 0.133 e. The van der Waals surface area contributed by atoms with E-state index in [1.54, 1.807) is 19.1 Å². The van der Waals surface area contributed by atoms with E-state index in [0.717, 1.165) is 31.2 Å². The summed E-state index contributed by atoms with van der Waals surface area (Å²) >= 11 is 0. The summed E-state index contributed by atoms with van der Waals surface area (Å²) in [6, 6.07) is 13.1. The van der Waals surface area contributed by atoms with Crippen molar-refractivity contribution in [3.8, 4) is 11.5 Å². The zero-order valence-corrected chi connectivity index (χ0v) is 12.9. The van der Waals surface area contributed by atoms with Crippen LogP contribution < -0.4 is 10.1 Å². The van der Waals surface area contributed by atoms with Crippen LogP contribution in [0, 0.1) is 18.7 Å². The lowest BCUT2D eigenvalue weighted by molar-refractivity contribution is 0.372. The molecular weight excluding hydrogens is 277 g/mol. The minimum absolute atomic E-state index is 0.236. The lowest BCUT2D eigenvalue weighted by atomic mass is 9.91. The molecule has 1 fully saturated rings. The van der Waals surface area contributed by atoms with Gasteiger partial charge in [0.15, 0.2) is 0 Å². The SMILES string of the molecule is Cc1c(F)cccc1Oc1ccc(CC2CCNCC2)cc1. The molecule has 1 N–H and O–H groups in total. The van der Waals surface area contributed by atoms with Crippen molar-refractivity contribution in [1.82, 2.24) is 5.32 Å². The van der Waals surface area contributed by atoms with Crippen LogP contribution in [0.25, 0.3) is 0 Å². The van der Waals surface area contributed by atoms with Crippen LogP contribution in [0.2, 0.25) is 0 Å². The molecule has 3 rings (SSSR count). The Morgan fingerprint density at radius 2 is 1.82 bits per heavy atom. The average molecular weight is 299 g/mol. The first-order valence-corrected chi connectivity index (χ1v) is 7.95. The highest BCUT2D eigenvalue weighted by Crippen LogP contribution is 2.27. The van der Waals surface area contributed by atoms with Crippen LogP contribution in [0.3, 0.4) is 0 Å². The molecule has 0 unspecified atom stereocenters. The van der Waals surface area contributed by atoms with E-state index in [4.69, 9.17) is 4.74 Å². The summed E-state index contributed by atoms with van der Waals surface area (Å²) in [6.07, 6.45) is 3.63. The van der Waals surface area contributed by atoms with E-state index in [9.17, 15) is 4.39 Å².